The Morgan fingerprint density at radius 3 is 2.75 bits per heavy atom. The molecular formula is C16H22ClFN2. The van der Waals surface area contributed by atoms with Crippen molar-refractivity contribution in [2.45, 2.75) is 32.7 Å². The van der Waals surface area contributed by atoms with Crippen molar-refractivity contribution in [2.24, 2.45) is 0 Å². The van der Waals surface area contributed by atoms with Gasteiger partial charge in [-0.3, -0.25) is 4.90 Å². The molecular weight excluding hydrogens is 275 g/mol. The van der Waals surface area contributed by atoms with Crippen LogP contribution >= 0.6 is 11.6 Å². The fourth-order valence-electron chi connectivity index (χ4n) is 2.40. The number of hydrogen-bond donors (Lipinski definition) is 1. The summed E-state index contributed by atoms with van der Waals surface area (Å²) in [6.07, 6.45) is 4.38. The van der Waals surface area contributed by atoms with E-state index in [0.717, 1.165) is 32.5 Å². The second kappa shape index (κ2) is 7.09. The summed E-state index contributed by atoms with van der Waals surface area (Å²) in [5.41, 5.74) is 2.06. The van der Waals surface area contributed by atoms with E-state index in [9.17, 15) is 4.39 Å². The van der Waals surface area contributed by atoms with Crippen LogP contribution in [0.2, 0.25) is 5.02 Å². The zero-order valence-electron chi connectivity index (χ0n) is 12.1. The van der Waals surface area contributed by atoms with Gasteiger partial charge >= 0.3 is 0 Å². The SMILES string of the molecule is CC(C)=CCN1CCC(Nc2cc(F)ccc2Cl)CC1. The van der Waals surface area contributed by atoms with Gasteiger partial charge in [-0.25, -0.2) is 4.39 Å². The second-order valence-electron chi connectivity index (χ2n) is 5.62. The molecule has 1 fully saturated rings. The van der Waals surface area contributed by atoms with E-state index in [2.05, 4.69) is 30.1 Å². The van der Waals surface area contributed by atoms with Gasteiger partial charge in [0.05, 0.1) is 10.7 Å². The topological polar surface area (TPSA) is 15.3 Å². The van der Waals surface area contributed by atoms with Crippen LogP contribution < -0.4 is 5.32 Å². The van der Waals surface area contributed by atoms with Gasteiger partial charge in [-0.15, -0.1) is 0 Å². The fraction of sp³-hybridized carbons (Fsp3) is 0.500. The van der Waals surface area contributed by atoms with Crippen molar-refractivity contribution in [1.82, 2.24) is 4.90 Å². The summed E-state index contributed by atoms with van der Waals surface area (Å²) in [5.74, 6) is -0.252. The highest BCUT2D eigenvalue weighted by atomic mass is 35.5. The first-order chi connectivity index (χ1) is 9.54. The van der Waals surface area contributed by atoms with Crippen molar-refractivity contribution < 1.29 is 4.39 Å². The van der Waals surface area contributed by atoms with Crippen LogP contribution in [0, 0.1) is 5.82 Å². The van der Waals surface area contributed by atoms with Crippen molar-refractivity contribution >= 4 is 17.3 Å². The van der Waals surface area contributed by atoms with Crippen LogP contribution in [-0.4, -0.2) is 30.6 Å². The highest BCUT2D eigenvalue weighted by Crippen LogP contribution is 2.25. The minimum atomic E-state index is -0.252. The molecule has 110 valence electrons. The summed E-state index contributed by atoms with van der Waals surface area (Å²) in [5, 5.41) is 3.94. The van der Waals surface area contributed by atoms with Gasteiger partial charge in [0.15, 0.2) is 0 Å². The molecule has 0 spiro atoms. The lowest BCUT2D eigenvalue weighted by Crippen LogP contribution is -2.39. The Bertz CT molecular complexity index is 475. The molecule has 1 N–H and O–H groups in total. The molecule has 0 atom stereocenters. The zero-order chi connectivity index (χ0) is 14.5. The first-order valence-electron chi connectivity index (χ1n) is 7.12. The van der Waals surface area contributed by atoms with Crippen LogP contribution in [0.5, 0.6) is 0 Å². The number of anilines is 1. The average molecular weight is 297 g/mol. The maximum atomic E-state index is 13.2. The van der Waals surface area contributed by atoms with Crippen LogP contribution in [0.25, 0.3) is 0 Å². The Morgan fingerprint density at radius 2 is 2.10 bits per heavy atom. The summed E-state index contributed by atoms with van der Waals surface area (Å²) in [7, 11) is 0. The van der Waals surface area contributed by atoms with Crippen LogP contribution in [0.1, 0.15) is 26.7 Å². The number of rotatable bonds is 4. The van der Waals surface area contributed by atoms with Crippen LogP contribution in [0.3, 0.4) is 0 Å². The van der Waals surface area contributed by atoms with E-state index in [1.807, 2.05) is 0 Å². The number of likely N-dealkylation sites (tertiary alicyclic amines) is 1. The molecule has 0 unspecified atom stereocenters. The van der Waals surface area contributed by atoms with E-state index in [4.69, 9.17) is 11.6 Å². The summed E-state index contributed by atoms with van der Waals surface area (Å²) in [6, 6.07) is 4.83. The molecule has 0 radical (unpaired) electrons. The third-order valence-electron chi connectivity index (χ3n) is 3.63. The number of benzene rings is 1. The number of hydrogen-bond acceptors (Lipinski definition) is 2. The minimum Gasteiger partial charge on any atom is -0.381 e. The van der Waals surface area contributed by atoms with Crippen molar-refractivity contribution in [1.29, 1.82) is 0 Å². The van der Waals surface area contributed by atoms with Crippen molar-refractivity contribution in [3.63, 3.8) is 0 Å². The summed E-state index contributed by atoms with van der Waals surface area (Å²) < 4.78 is 13.2. The maximum absolute atomic E-state index is 13.2. The van der Waals surface area contributed by atoms with E-state index >= 15 is 0 Å². The molecule has 20 heavy (non-hydrogen) atoms. The van der Waals surface area contributed by atoms with Crippen LogP contribution in [0.15, 0.2) is 29.8 Å². The lowest BCUT2D eigenvalue weighted by atomic mass is 10.0. The van der Waals surface area contributed by atoms with Gasteiger partial charge in [-0.1, -0.05) is 23.3 Å². The lowest BCUT2D eigenvalue weighted by molar-refractivity contribution is 0.240. The molecule has 0 saturated carbocycles. The molecule has 1 aliphatic heterocycles. The number of nitrogens with zero attached hydrogens (tertiary/aromatic N) is 1. The molecule has 0 amide bonds. The molecule has 0 bridgehead atoms. The van der Waals surface area contributed by atoms with E-state index < -0.39 is 0 Å². The minimum absolute atomic E-state index is 0.252. The highest BCUT2D eigenvalue weighted by molar-refractivity contribution is 6.33. The fourth-order valence-corrected chi connectivity index (χ4v) is 2.57. The molecule has 0 aromatic heterocycles. The van der Waals surface area contributed by atoms with E-state index in [1.165, 1.54) is 17.7 Å². The number of halogens is 2. The van der Waals surface area contributed by atoms with Gasteiger partial charge in [0.2, 0.25) is 0 Å². The van der Waals surface area contributed by atoms with Gasteiger partial charge in [0.25, 0.3) is 0 Å². The molecule has 1 heterocycles. The molecule has 1 saturated heterocycles. The second-order valence-corrected chi connectivity index (χ2v) is 6.03. The van der Waals surface area contributed by atoms with Gasteiger partial charge < -0.3 is 5.32 Å². The van der Waals surface area contributed by atoms with E-state index in [0.29, 0.717) is 16.8 Å². The Kier molecular flexibility index (Phi) is 5.44. The Balaban J connectivity index is 1.85. The smallest absolute Gasteiger partial charge is 0.125 e. The number of piperidine rings is 1. The van der Waals surface area contributed by atoms with Gasteiger partial charge in [-0.05, 0) is 44.9 Å². The molecule has 1 aliphatic rings. The third kappa shape index (κ3) is 4.50. The van der Waals surface area contributed by atoms with E-state index in [1.54, 1.807) is 6.07 Å². The lowest BCUT2D eigenvalue weighted by Gasteiger charge is -2.32. The number of nitrogens with one attached hydrogen (secondary N) is 1. The van der Waals surface area contributed by atoms with E-state index in [-0.39, 0.29) is 5.82 Å². The third-order valence-corrected chi connectivity index (χ3v) is 3.96. The standard InChI is InChI=1S/C16H22ClFN2/c1-12(2)5-8-20-9-6-14(7-10-20)19-16-11-13(18)3-4-15(16)17/h3-5,11,14,19H,6-10H2,1-2H3. The Hall–Kier alpha value is -1.06. The predicted molar refractivity (Wildman–Crippen MR) is 83.9 cm³/mol. The predicted octanol–water partition coefficient (Wildman–Crippen LogP) is 4.32. The Labute approximate surface area is 125 Å². The van der Waals surface area contributed by atoms with Crippen LogP contribution in [0.4, 0.5) is 10.1 Å². The monoisotopic (exact) mass is 296 g/mol. The normalized spacial score (nSPS) is 17.0. The first kappa shape index (κ1) is 15.3. The maximum Gasteiger partial charge on any atom is 0.125 e. The molecule has 1 aromatic rings. The summed E-state index contributed by atoms with van der Waals surface area (Å²) in [6.45, 7) is 7.40. The first-order valence-corrected chi connectivity index (χ1v) is 7.49. The average Bonchev–Trinajstić information content (AvgIpc) is 2.42. The van der Waals surface area contributed by atoms with Crippen molar-refractivity contribution in [3.05, 3.63) is 40.7 Å². The van der Waals surface area contributed by atoms with Crippen molar-refractivity contribution in [2.75, 3.05) is 25.0 Å². The van der Waals surface area contributed by atoms with Gasteiger partial charge in [-0.2, -0.15) is 0 Å². The van der Waals surface area contributed by atoms with Gasteiger partial charge in [0.1, 0.15) is 5.82 Å². The Morgan fingerprint density at radius 1 is 1.40 bits per heavy atom. The largest absolute Gasteiger partial charge is 0.381 e. The summed E-state index contributed by atoms with van der Waals surface area (Å²) in [4.78, 5) is 2.44. The number of allylic oxidation sites excluding steroid dienone is 1. The molecule has 4 heteroatoms. The molecule has 2 nitrogen and oxygen atoms in total. The van der Waals surface area contributed by atoms with Gasteiger partial charge in [0, 0.05) is 25.7 Å². The van der Waals surface area contributed by atoms with Crippen LogP contribution in [-0.2, 0) is 0 Å². The molecule has 2 rings (SSSR count). The summed E-state index contributed by atoms with van der Waals surface area (Å²) >= 11 is 6.08. The zero-order valence-corrected chi connectivity index (χ0v) is 12.9. The van der Waals surface area contributed by atoms with Crippen molar-refractivity contribution in [3.8, 4) is 0 Å². The molecule has 0 aliphatic carbocycles. The molecule has 1 aromatic carbocycles. The highest BCUT2D eigenvalue weighted by Gasteiger charge is 2.19. The quantitative estimate of drug-likeness (QED) is 0.832.